The van der Waals surface area contributed by atoms with Gasteiger partial charge in [-0.15, -0.1) is 11.3 Å². The Morgan fingerprint density at radius 3 is 2.33 bits per heavy atom. The van der Waals surface area contributed by atoms with Crippen molar-refractivity contribution in [1.29, 1.82) is 0 Å². The van der Waals surface area contributed by atoms with Crippen molar-refractivity contribution in [3.05, 3.63) is 55.9 Å². The molecule has 1 aromatic heterocycles. The van der Waals surface area contributed by atoms with Crippen LogP contribution >= 0.6 is 11.3 Å². The third kappa shape index (κ3) is 4.29. The molecule has 2 aromatic rings. The molecule has 0 atom stereocenters. The molecule has 9 nitrogen and oxygen atoms in total. The lowest BCUT2D eigenvalue weighted by molar-refractivity contribution is -0.384. The van der Waals surface area contributed by atoms with E-state index in [4.69, 9.17) is 4.74 Å². The van der Waals surface area contributed by atoms with Crippen LogP contribution in [-0.2, 0) is 4.74 Å². The standard InChI is InChI=1S/C17H17N3O6S/c1-4-26-17(23)13-9(2)12(15(22)18-3)16(27-13)19-14(21)10-5-7-11(8-6-10)20(24)25/h5-8H,4H2,1-3H3,(H,18,22)(H,19,21). The predicted molar refractivity (Wildman–Crippen MR) is 99.5 cm³/mol. The van der Waals surface area contributed by atoms with E-state index in [9.17, 15) is 24.5 Å². The van der Waals surface area contributed by atoms with Gasteiger partial charge in [0, 0.05) is 24.7 Å². The van der Waals surface area contributed by atoms with Crippen molar-refractivity contribution in [3.8, 4) is 0 Å². The van der Waals surface area contributed by atoms with E-state index in [1.54, 1.807) is 13.8 Å². The molecule has 0 aliphatic rings. The summed E-state index contributed by atoms with van der Waals surface area (Å²) in [7, 11) is 1.44. The highest BCUT2D eigenvalue weighted by molar-refractivity contribution is 7.18. The molecule has 1 heterocycles. The van der Waals surface area contributed by atoms with Crippen LogP contribution in [0.2, 0.25) is 0 Å². The van der Waals surface area contributed by atoms with Gasteiger partial charge in [0.1, 0.15) is 9.88 Å². The summed E-state index contributed by atoms with van der Waals surface area (Å²) in [5.74, 6) is -1.61. The van der Waals surface area contributed by atoms with Crippen molar-refractivity contribution in [2.24, 2.45) is 0 Å². The van der Waals surface area contributed by atoms with Gasteiger partial charge in [0.2, 0.25) is 0 Å². The molecular weight excluding hydrogens is 374 g/mol. The van der Waals surface area contributed by atoms with E-state index in [2.05, 4.69) is 10.6 Å². The number of nitrogens with zero attached hydrogens (tertiary/aromatic N) is 1. The zero-order valence-electron chi connectivity index (χ0n) is 14.8. The van der Waals surface area contributed by atoms with Crippen molar-refractivity contribution in [1.82, 2.24) is 5.32 Å². The van der Waals surface area contributed by atoms with E-state index in [0.29, 0.717) is 5.56 Å². The van der Waals surface area contributed by atoms with Crippen LogP contribution in [0, 0.1) is 17.0 Å². The predicted octanol–water partition coefficient (Wildman–Crippen LogP) is 2.75. The number of nitrogens with one attached hydrogen (secondary N) is 2. The number of anilines is 1. The summed E-state index contributed by atoms with van der Waals surface area (Å²) < 4.78 is 4.98. The van der Waals surface area contributed by atoms with Crippen molar-refractivity contribution in [3.63, 3.8) is 0 Å². The number of hydrogen-bond acceptors (Lipinski definition) is 7. The zero-order valence-corrected chi connectivity index (χ0v) is 15.6. The Hall–Kier alpha value is -3.27. The number of nitro benzene ring substituents is 1. The van der Waals surface area contributed by atoms with E-state index in [-0.39, 0.29) is 33.3 Å². The second kappa shape index (κ2) is 8.41. The molecule has 2 rings (SSSR count). The van der Waals surface area contributed by atoms with E-state index in [0.717, 1.165) is 11.3 Å². The number of non-ortho nitro benzene ring substituents is 1. The number of rotatable bonds is 6. The number of amides is 2. The smallest absolute Gasteiger partial charge is 0.348 e. The largest absolute Gasteiger partial charge is 0.462 e. The average Bonchev–Trinajstić information content (AvgIpc) is 2.97. The Labute approximate surface area is 158 Å². The normalized spacial score (nSPS) is 10.2. The molecule has 10 heteroatoms. The van der Waals surface area contributed by atoms with Gasteiger partial charge in [-0.2, -0.15) is 0 Å². The molecule has 0 saturated carbocycles. The monoisotopic (exact) mass is 391 g/mol. The summed E-state index contributed by atoms with van der Waals surface area (Å²) in [6, 6.07) is 5.02. The Kier molecular flexibility index (Phi) is 6.24. The third-order valence-corrected chi connectivity index (χ3v) is 4.82. The number of nitro groups is 1. The summed E-state index contributed by atoms with van der Waals surface area (Å²) in [5, 5.41) is 16.0. The van der Waals surface area contributed by atoms with Crippen LogP contribution in [0.4, 0.5) is 10.7 Å². The van der Waals surface area contributed by atoms with E-state index in [1.807, 2.05) is 0 Å². The van der Waals surface area contributed by atoms with Crippen LogP contribution in [0.3, 0.4) is 0 Å². The van der Waals surface area contributed by atoms with Gasteiger partial charge in [-0.3, -0.25) is 19.7 Å². The molecule has 27 heavy (non-hydrogen) atoms. The van der Waals surface area contributed by atoms with Gasteiger partial charge in [0.05, 0.1) is 17.1 Å². The number of thiophene rings is 1. The number of carbonyl (C=O) groups excluding carboxylic acids is 3. The number of hydrogen-bond donors (Lipinski definition) is 2. The molecule has 0 spiro atoms. The molecule has 0 radical (unpaired) electrons. The van der Waals surface area contributed by atoms with Crippen LogP contribution in [0.25, 0.3) is 0 Å². The molecule has 142 valence electrons. The molecule has 0 unspecified atom stereocenters. The minimum absolute atomic E-state index is 0.144. The number of benzene rings is 1. The van der Waals surface area contributed by atoms with Crippen molar-refractivity contribution >= 4 is 39.8 Å². The average molecular weight is 391 g/mol. The number of carbonyl (C=O) groups is 3. The molecule has 1 aromatic carbocycles. The first-order valence-electron chi connectivity index (χ1n) is 7.88. The van der Waals surface area contributed by atoms with Crippen molar-refractivity contribution < 1.29 is 24.0 Å². The lowest BCUT2D eigenvalue weighted by Gasteiger charge is -2.06. The highest BCUT2D eigenvalue weighted by atomic mass is 32.1. The summed E-state index contributed by atoms with van der Waals surface area (Å²) in [6.45, 7) is 3.43. The van der Waals surface area contributed by atoms with Gasteiger partial charge >= 0.3 is 5.97 Å². The van der Waals surface area contributed by atoms with Crippen LogP contribution in [0.15, 0.2) is 24.3 Å². The highest BCUT2D eigenvalue weighted by Crippen LogP contribution is 2.34. The first-order chi connectivity index (χ1) is 12.8. The van der Waals surface area contributed by atoms with E-state index >= 15 is 0 Å². The number of esters is 1. The maximum absolute atomic E-state index is 12.5. The van der Waals surface area contributed by atoms with Crippen molar-refractivity contribution in [2.75, 3.05) is 19.0 Å². The SMILES string of the molecule is CCOC(=O)c1sc(NC(=O)c2ccc([N+](=O)[O-])cc2)c(C(=O)NC)c1C. The first kappa shape index (κ1) is 20.0. The maximum Gasteiger partial charge on any atom is 0.348 e. The van der Waals surface area contributed by atoms with Gasteiger partial charge in [0.25, 0.3) is 17.5 Å². The summed E-state index contributed by atoms with van der Waals surface area (Å²) >= 11 is 0.933. The van der Waals surface area contributed by atoms with Crippen molar-refractivity contribution in [2.45, 2.75) is 13.8 Å². The fourth-order valence-electron chi connectivity index (χ4n) is 2.30. The Bertz CT molecular complexity index is 904. The minimum Gasteiger partial charge on any atom is -0.462 e. The zero-order chi connectivity index (χ0) is 20.1. The third-order valence-electron chi connectivity index (χ3n) is 3.63. The lowest BCUT2D eigenvalue weighted by atomic mass is 10.1. The Morgan fingerprint density at radius 2 is 1.81 bits per heavy atom. The van der Waals surface area contributed by atoms with Gasteiger partial charge in [-0.1, -0.05) is 0 Å². The molecule has 0 fully saturated rings. The topological polar surface area (TPSA) is 128 Å². The summed E-state index contributed by atoms with van der Waals surface area (Å²) in [4.78, 5) is 47.1. The fraction of sp³-hybridized carbons (Fsp3) is 0.235. The molecule has 2 N–H and O–H groups in total. The van der Waals surface area contributed by atoms with Crippen LogP contribution < -0.4 is 10.6 Å². The Morgan fingerprint density at radius 1 is 1.19 bits per heavy atom. The number of ether oxygens (including phenoxy) is 1. The van der Waals surface area contributed by atoms with Crippen LogP contribution in [0.5, 0.6) is 0 Å². The van der Waals surface area contributed by atoms with Gasteiger partial charge in [-0.25, -0.2) is 4.79 Å². The van der Waals surface area contributed by atoms with Crippen LogP contribution in [0.1, 0.15) is 42.9 Å². The Balaban J connectivity index is 2.37. The maximum atomic E-state index is 12.5. The quantitative estimate of drug-likeness (QED) is 0.443. The van der Waals surface area contributed by atoms with E-state index in [1.165, 1.54) is 31.3 Å². The lowest BCUT2D eigenvalue weighted by Crippen LogP contribution is -2.21. The minimum atomic E-state index is -0.582. The van der Waals surface area contributed by atoms with Gasteiger partial charge in [0.15, 0.2) is 0 Å². The molecule has 0 aliphatic carbocycles. The second-order valence-corrected chi connectivity index (χ2v) is 6.34. The van der Waals surface area contributed by atoms with Gasteiger partial charge in [-0.05, 0) is 31.5 Å². The van der Waals surface area contributed by atoms with Crippen LogP contribution in [-0.4, -0.2) is 36.4 Å². The fourth-order valence-corrected chi connectivity index (χ4v) is 3.39. The summed E-state index contributed by atoms with van der Waals surface area (Å²) in [5.41, 5.74) is 0.596. The molecular formula is C17H17N3O6S. The summed E-state index contributed by atoms with van der Waals surface area (Å²) in [6.07, 6.45) is 0. The molecule has 0 bridgehead atoms. The molecule has 0 saturated heterocycles. The van der Waals surface area contributed by atoms with E-state index < -0.39 is 22.7 Å². The molecule has 0 aliphatic heterocycles. The van der Waals surface area contributed by atoms with Gasteiger partial charge < -0.3 is 15.4 Å². The first-order valence-corrected chi connectivity index (χ1v) is 8.70. The second-order valence-electron chi connectivity index (χ2n) is 5.32. The molecule has 2 amide bonds. The highest BCUT2D eigenvalue weighted by Gasteiger charge is 2.26.